The third-order valence-corrected chi connectivity index (χ3v) is 6.70. The zero-order chi connectivity index (χ0) is 26.1. The van der Waals surface area contributed by atoms with Crippen molar-refractivity contribution in [1.82, 2.24) is 19.6 Å². The normalized spacial score (nSPS) is 18.5. The predicted octanol–water partition coefficient (Wildman–Crippen LogP) is 5.24. The van der Waals surface area contributed by atoms with Gasteiger partial charge in [-0.3, -0.25) is 0 Å². The largest absolute Gasteiger partial charge is 0.383 e. The first-order chi connectivity index (χ1) is 17.8. The topological polar surface area (TPSA) is 120 Å². The minimum absolute atomic E-state index is 0.102. The first-order valence-corrected chi connectivity index (χ1v) is 12.1. The molecule has 4 aromatic rings. The Bertz CT molecular complexity index is 1450. The molecule has 1 aliphatic carbocycles. The molecule has 0 radical (unpaired) electrons. The van der Waals surface area contributed by atoms with Gasteiger partial charge in [0.1, 0.15) is 11.7 Å². The Hall–Kier alpha value is -3.70. The van der Waals surface area contributed by atoms with Crippen molar-refractivity contribution in [2.24, 2.45) is 16.5 Å². The van der Waals surface area contributed by atoms with Crippen LogP contribution in [0.2, 0.25) is 5.02 Å². The molecule has 1 saturated carbocycles. The van der Waals surface area contributed by atoms with E-state index in [0.29, 0.717) is 27.9 Å². The van der Waals surface area contributed by atoms with Gasteiger partial charge in [-0.1, -0.05) is 11.6 Å². The second kappa shape index (κ2) is 10.3. The Morgan fingerprint density at radius 2 is 1.81 bits per heavy atom. The summed E-state index contributed by atoms with van der Waals surface area (Å²) in [4.78, 5) is 11.9. The van der Waals surface area contributed by atoms with Gasteiger partial charge in [-0.15, -0.1) is 0 Å². The van der Waals surface area contributed by atoms with Crippen LogP contribution in [0.4, 0.5) is 24.5 Å². The van der Waals surface area contributed by atoms with Gasteiger partial charge in [0.25, 0.3) is 6.43 Å². The van der Waals surface area contributed by atoms with Crippen LogP contribution in [0.25, 0.3) is 16.6 Å². The summed E-state index contributed by atoms with van der Waals surface area (Å²) in [6, 6.07) is 6.02. The van der Waals surface area contributed by atoms with Gasteiger partial charge in [0.15, 0.2) is 5.82 Å². The number of aliphatic imine (C=N–C) groups is 1. The lowest BCUT2D eigenvalue weighted by Crippen LogP contribution is -2.33. The molecule has 1 aromatic carbocycles. The summed E-state index contributed by atoms with van der Waals surface area (Å²) in [6.07, 6.45) is 6.78. The second-order valence-corrected chi connectivity index (χ2v) is 9.38. The Kier molecular flexibility index (Phi) is 6.98. The van der Waals surface area contributed by atoms with Crippen molar-refractivity contribution >= 4 is 34.3 Å². The van der Waals surface area contributed by atoms with Crippen LogP contribution >= 0.6 is 11.6 Å². The molecular weight excluding hydrogens is 505 g/mol. The maximum Gasteiger partial charge on any atom is 0.297 e. The summed E-state index contributed by atoms with van der Waals surface area (Å²) < 4.78 is 41.2. The number of aromatic nitrogens is 4. The van der Waals surface area contributed by atoms with Gasteiger partial charge in [0, 0.05) is 47.9 Å². The average molecular weight is 529 g/mol. The van der Waals surface area contributed by atoms with Crippen LogP contribution in [0.3, 0.4) is 0 Å². The van der Waals surface area contributed by atoms with Crippen molar-refractivity contribution in [3.63, 3.8) is 0 Å². The molecular formula is C25H24ClF3N8. The number of alkyl halides is 2. The maximum absolute atomic E-state index is 13.8. The molecule has 0 unspecified atom stereocenters. The number of nitrogens with two attached hydrogens (primary N) is 2. The first-order valence-electron chi connectivity index (χ1n) is 11.7. The van der Waals surface area contributed by atoms with Crippen molar-refractivity contribution in [1.29, 1.82) is 0 Å². The van der Waals surface area contributed by atoms with Crippen LogP contribution in [0.15, 0.2) is 54.0 Å². The molecule has 3 aromatic heterocycles. The van der Waals surface area contributed by atoms with E-state index in [0.717, 1.165) is 25.7 Å². The maximum atomic E-state index is 13.8. The molecule has 3 heterocycles. The summed E-state index contributed by atoms with van der Waals surface area (Å²) in [7, 11) is 0. The number of halogens is 4. The van der Waals surface area contributed by atoms with Gasteiger partial charge < -0.3 is 16.8 Å². The fraction of sp³-hybridized carbons (Fsp3) is 0.280. The molecule has 5 rings (SSSR count). The van der Waals surface area contributed by atoms with Gasteiger partial charge in [0.05, 0.1) is 33.7 Å². The molecule has 12 heteroatoms. The van der Waals surface area contributed by atoms with Gasteiger partial charge in [-0.25, -0.2) is 32.6 Å². The van der Waals surface area contributed by atoms with Crippen molar-refractivity contribution in [3.05, 3.63) is 71.3 Å². The van der Waals surface area contributed by atoms with E-state index in [4.69, 9.17) is 23.1 Å². The van der Waals surface area contributed by atoms with Crippen molar-refractivity contribution < 1.29 is 13.2 Å². The predicted molar refractivity (Wildman–Crippen MR) is 137 cm³/mol. The molecule has 1 aliphatic rings. The van der Waals surface area contributed by atoms with E-state index < -0.39 is 18.1 Å². The molecule has 0 saturated heterocycles. The van der Waals surface area contributed by atoms with Crippen LogP contribution in [-0.4, -0.2) is 37.5 Å². The van der Waals surface area contributed by atoms with Gasteiger partial charge in [-0.2, -0.15) is 5.10 Å². The second-order valence-electron chi connectivity index (χ2n) is 8.97. The molecule has 0 amide bonds. The fourth-order valence-electron chi connectivity index (χ4n) is 4.39. The Morgan fingerprint density at radius 1 is 1.08 bits per heavy atom. The highest BCUT2D eigenvalue weighted by atomic mass is 35.5. The summed E-state index contributed by atoms with van der Waals surface area (Å²) >= 11 is 6.20. The van der Waals surface area contributed by atoms with E-state index in [1.165, 1.54) is 30.6 Å². The monoisotopic (exact) mass is 528 g/mol. The molecule has 37 heavy (non-hydrogen) atoms. The molecule has 0 bridgehead atoms. The molecule has 0 aliphatic heterocycles. The number of hydrogen-bond donors (Lipinski definition) is 3. The number of anilines is 1. The Balaban J connectivity index is 1.59. The van der Waals surface area contributed by atoms with E-state index in [-0.39, 0.29) is 28.6 Å². The number of nitrogens with zero attached hydrogens (tertiary/aromatic N) is 5. The highest BCUT2D eigenvalue weighted by Crippen LogP contribution is 2.32. The molecule has 192 valence electrons. The zero-order valence-corrected chi connectivity index (χ0v) is 20.3. The van der Waals surface area contributed by atoms with Crippen LogP contribution < -0.4 is 16.8 Å². The third-order valence-electron chi connectivity index (χ3n) is 6.38. The van der Waals surface area contributed by atoms with Crippen LogP contribution in [0, 0.1) is 5.82 Å². The number of nitrogens with one attached hydrogen (secondary N) is 1. The molecule has 0 atom stereocenters. The van der Waals surface area contributed by atoms with Gasteiger partial charge >= 0.3 is 0 Å². The van der Waals surface area contributed by atoms with Crippen LogP contribution in [-0.2, 0) is 0 Å². The number of amidine groups is 1. The summed E-state index contributed by atoms with van der Waals surface area (Å²) in [6.45, 7) is 0. The number of fused-ring (bicyclic) bond motifs is 1. The number of rotatable bonds is 6. The smallest absolute Gasteiger partial charge is 0.297 e. The lowest BCUT2D eigenvalue weighted by Gasteiger charge is -2.28. The molecule has 0 spiro atoms. The highest BCUT2D eigenvalue weighted by molar-refractivity contribution is 6.33. The minimum atomic E-state index is -2.75. The Labute approximate surface area is 215 Å². The van der Waals surface area contributed by atoms with Crippen LogP contribution in [0.5, 0.6) is 0 Å². The lowest BCUT2D eigenvalue weighted by atomic mass is 9.91. The van der Waals surface area contributed by atoms with E-state index in [1.54, 1.807) is 16.9 Å². The quantitative estimate of drug-likeness (QED) is 0.232. The van der Waals surface area contributed by atoms with Crippen molar-refractivity contribution in [2.75, 3.05) is 5.32 Å². The molecule has 5 N–H and O–H groups in total. The first kappa shape index (κ1) is 25.0. The van der Waals surface area contributed by atoms with Gasteiger partial charge in [0.2, 0.25) is 0 Å². The number of hydrogen-bond acceptors (Lipinski definition) is 6. The van der Waals surface area contributed by atoms with Crippen molar-refractivity contribution in [2.45, 2.75) is 44.2 Å². The van der Waals surface area contributed by atoms with E-state index >= 15 is 0 Å². The van der Waals surface area contributed by atoms with Crippen LogP contribution in [0.1, 0.15) is 43.5 Å². The van der Waals surface area contributed by atoms with E-state index in [2.05, 4.69) is 25.4 Å². The average Bonchev–Trinajstić information content (AvgIpc) is 3.32. The SMILES string of the molecule is NC(=Nc1cc(F)ccc1Cl)c1cnn2cc(-c3cnc(C(F)F)nc3)cc2c1NC1CCC(N)CC1. The molecule has 8 nitrogen and oxygen atoms in total. The highest BCUT2D eigenvalue weighted by Gasteiger charge is 2.22. The standard InChI is InChI=1S/C25H24ClF3N8/c26-19-6-1-15(27)8-20(19)36-24(31)18-11-34-37-12-13(14-9-32-25(23(28)29)33-10-14)7-21(37)22(18)35-17-4-2-16(30)3-5-17/h1,6-12,16-17,23,35H,2-5,30H2,(H2,31,36). The minimum Gasteiger partial charge on any atom is -0.383 e. The summed E-state index contributed by atoms with van der Waals surface area (Å²) in [5.74, 6) is -0.923. The lowest BCUT2D eigenvalue weighted by molar-refractivity contribution is 0.140. The Morgan fingerprint density at radius 3 is 2.51 bits per heavy atom. The summed E-state index contributed by atoms with van der Waals surface area (Å²) in [5.41, 5.74) is 15.8. The number of benzene rings is 1. The van der Waals surface area contributed by atoms with E-state index in [9.17, 15) is 13.2 Å². The van der Waals surface area contributed by atoms with Gasteiger partial charge in [-0.05, 0) is 43.9 Å². The summed E-state index contributed by atoms with van der Waals surface area (Å²) in [5, 5.41) is 8.31. The fourth-order valence-corrected chi connectivity index (χ4v) is 4.55. The molecule has 1 fully saturated rings. The van der Waals surface area contributed by atoms with Crippen molar-refractivity contribution in [3.8, 4) is 11.1 Å². The zero-order valence-electron chi connectivity index (χ0n) is 19.6. The third kappa shape index (κ3) is 5.37. The van der Waals surface area contributed by atoms with E-state index in [1.807, 2.05) is 6.07 Å².